The second-order valence-electron chi connectivity index (χ2n) is 7.64. The van der Waals surface area contributed by atoms with Gasteiger partial charge in [-0.25, -0.2) is 0 Å². The van der Waals surface area contributed by atoms with Crippen molar-refractivity contribution in [2.24, 2.45) is 0 Å². The third-order valence-corrected chi connectivity index (χ3v) is 5.54. The number of benzene rings is 2. The molecule has 0 aliphatic carbocycles. The second kappa shape index (κ2) is 11.0. The Hall–Kier alpha value is -2.20. The molecule has 3 rings (SSSR count). The van der Waals surface area contributed by atoms with Gasteiger partial charge in [0.05, 0.1) is 45.6 Å². The largest absolute Gasteiger partial charge is 0.495 e. The lowest BCUT2D eigenvalue weighted by molar-refractivity contribution is -0.914. The van der Waals surface area contributed by atoms with Gasteiger partial charge in [0.2, 0.25) is 0 Å². The Kier molecular flexibility index (Phi) is 8.04. The maximum atomic E-state index is 5.86. The SMILES string of the molecule is CCCCCCOc1ccc(C[NH+]2CCN(c3ccccc3OC)CC2)cc1. The van der Waals surface area contributed by atoms with Crippen molar-refractivity contribution in [3.05, 3.63) is 54.1 Å². The van der Waals surface area contributed by atoms with E-state index in [9.17, 15) is 0 Å². The molecule has 0 radical (unpaired) electrons. The minimum atomic E-state index is 0.829. The van der Waals surface area contributed by atoms with Gasteiger partial charge in [0.25, 0.3) is 0 Å². The van der Waals surface area contributed by atoms with Crippen LogP contribution in [0.2, 0.25) is 0 Å². The average Bonchev–Trinajstić information content (AvgIpc) is 2.75. The highest BCUT2D eigenvalue weighted by atomic mass is 16.5. The summed E-state index contributed by atoms with van der Waals surface area (Å²) < 4.78 is 11.4. The van der Waals surface area contributed by atoms with Crippen molar-refractivity contribution in [3.63, 3.8) is 0 Å². The molecule has 1 heterocycles. The van der Waals surface area contributed by atoms with Crippen LogP contribution in [0.3, 0.4) is 0 Å². The van der Waals surface area contributed by atoms with Crippen molar-refractivity contribution >= 4 is 5.69 Å². The predicted octanol–water partition coefficient (Wildman–Crippen LogP) is 3.56. The van der Waals surface area contributed by atoms with Gasteiger partial charge in [-0.2, -0.15) is 0 Å². The van der Waals surface area contributed by atoms with E-state index in [0.29, 0.717) is 0 Å². The number of para-hydroxylation sites is 2. The fourth-order valence-corrected chi connectivity index (χ4v) is 3.84. The molecule has 152 valence electrons. The molecule has 1 saturated heterocycles. The molecule has 1 aliphatic heterocycles. The summed E-state index contributed by atoms with van der Waals surface area (Å²) in [5.41, 5.74) is 2.60. The molecular weight excluding hydrogens is 348 g/mol. The lowest BCUT2D eigenvalue weighted by Crippen LogP contribution is -3.13. The molecule has 0 aromatic heterocycles. The number of anilines is 1. The van der Waals surface area contributed by atoms with Crippen molar-refractivity contribution in [1.82, 2.24) is 0 Å². The fraction of sp³-hybridized carbons (Fsp3) is 0.500. The average molecular weight is 384 g/mol. The molecule has 2 aromatic carbocycles. The molecule has 1 fully saturated rings. The van der Waals surface area contributed by atoms with E-state index in [4.69, 9.17) is 9.47 Å². The molecule has 1 aliphatic rings. The lowest BCUT2D eigenvalue weighted by Gasteiger charge is -2.34. The van der Waals surface area contributed by atoms with E-state index in [2.05, 4.69) is 48.2 Å². The van der Waals surface area contributed by atoms with Crippen molar-refractivity contribution in [2.75, 3.05) is 44.8 Å². The highest BCUT2D eigenvalue weighted by molar-refractivity contribution is 5.58. The number of nitrogens with one attached hydrogen (secondary N) is 1. The lowest BCUT2D eigenvalue weighted by atomic mass is 10.1. The summed E-state index contributed by atoms with van der Waals surface area (Å²) >= 11 is 0. The van der Waals surface area contributed by atoms with Gasteiger partial charge in [-0.05, 0) is 42.8 Å². The molecule has 4 nitrogen and oxygen atoms in total. The summed E-state index contributed by atoms with van der Waals surface area (Å²) in [6.45, 7) is 8.57. The minimum Gasteiger partial charge on any atom is -0.495 e. The van der Waals surface area contributed by atoms with Crippen LogP contribution in [0, 0.1) is 0 Å². The van der Waals surface area contributed by atoms with Gasteiger partial charge in [-0.3, -0.25) is 0 Å². The van der Waals surface area contributed by atoms with E-state index < -0.39 is 0 Å². The number of hydrogen-bond donors (Lipinski definition) is 1. The number of unbranched alkanes of at least 4 members (excludes halogenated alkanes) is 3. The van der Waals surface area contributed by atoms with E-state index >= 15 is 0 Å². The number of piperazine rings is 1. The number of nitrogens with zero attached hydrogens (tertiary/aromatic N) is 1. The van der Waals surface area contributed by atoms with Crippen molar-refractivity contribution < 1.29 is 14.4 Å². The normalized spacial score (nSPS) is 14.9. The maximum absolute atomic E-state index is 5.86. The Morgan fingerprint density at radius 3 is 2.39 bits per heavy atom. The van der Waals surface area contributed by atoms with E-state index in [1.165, 1.54) is 30.5 Å². The van der Waals surface area contributed by atoms with Crippen LogP contribution in [0.5, 0.6) is 11.5 Å². The van der Waals surface area contributed by atoms with Crippen LogP contribution in [0.1, 0.15) is 38.2 Å². The molecule has 4 heteroatoms. The summed E-state index contributed by atoms with van der Waals surface area (Å²) in [4.78, 5) is 4.08. The zero-order valence-electron chi connectivity index (χ0n) is 17.5. The molecule has 1 N–H and O–H groups in total. The third kappa shape index (κ3) is 5.90. The van der Waals surface area contributed by atoms with Crippen LogP contribution < -0.4 is 19.3 Å². The highest BCUT2D eigenvalue weighted by Gasteiger charge is 2.22. The van der Waals surface area contributed by atoms with Crippen LogP contribution >= 0.6 is 0 Å². The molecular formula is C24H35N2O2+. The summed E-state index contributed by atoms with van der Waals surface area (Å²) in [6, 6.07) is 17.0. The van der Waals surface area contributed by atoms with Crippen LogP contribution in [0.15, 0.2) is 48.5 Å². The number of quaternary nitrogens is 1. The van der Waals surface area contributed by atoms with Crippen LogP contribution in [-0.4, -0.2) is 39.9 Å². The second-order valence-corrected chi connectivity index (χ2v) is 7.64. The maximum Gasteiger partial charge on any atom is 0.142 e. The van der Waals surface area contributed by atoms with Gasteiger partial charge < -0.3 is 19.3 Å². The first-order valence-electron chi connectivity index (χ1n) is 10.7. The van der Waals surface area contributed by atoms with Crippen molar-refractivity contribution in [1.29, 1.82) is 0 Å². The van der Waals surface area contributed by atoms with Crippen LogP contribution in [-0.2, 0) is 6.54 Å². The van der Waals surface area contributed by atoms with Gasteiger partial charge in [-0.15, -0.1) is 0 Å². The molecule has 0 bridgehead atoms. The summed E-state index contributed by atoms with van der Waals surface area (Å²) in [6.07, 6.45) is 4.98. The standard InChI is InChI=1S/C24H34N2O2/c1-3-4-5-8-19-28-22-13-11-21(12-14-22)20-25-15-17-26(18-16-25)23-9-6-7-10-24(23)27-2/h6-7,9-14H,3-5,8,15-20H2,1-2H3/p+1. The first-order chi connectivity index (χ1) is 13.8. The zero-order chi connectivity index (χ0) is 19.6. The molecule has 0 spiro atoms. The summed E-state index contributed by atoms with van der Waals surface area (Å²) in [5.74, 6) is 1.97. The van der Waals surface area contributed by atoms with E-state index in [1.807, 2.05) is 12.1 Å². The molecule has 0 saturated carbocycles. The van der Waals surface area contributed by atoms with E-state index in [1.54, 1.807) is 12.0 Å². The van der Waals surface area contributed by atoms with Gasteiger partial charge in [0.1, 0.15) is 18.0 Å². The molecule has 0 amide bonds. The van der Waals surface area contributed by atoms with Crippen molar-refractivity contribution in [2.45, 2.75) is 39.2 Å². The Bertz CT molecular complexity index is 694. The van der Waals surface area contributed by atoms with Gasteiger partial charge in [-0.1, -0.05) is 38.3 Å². The molecule has 0 atom stereocenters. The Morgan fingerprint density at radius 2 is 1.68 bits per heavy atom. The number of ether oxygens (including phenoxy) is 2. The number of methoxy groups -OCH3 is 1. The molecule has 0 unspecified atom stereocenters. The first-order valence-corrected chi connectivity index (χ1v) is 10.7. The highest BCUT2D eigenvalue weighted by Crippen LogP contribution is 2.27. The van der Waals surface area contributed by atoms with E-state index in [-0.39, 0.29) is 0 Å². The smallest absolute Gasteiger partial charge is 0.142 e. The predicted molar refractivity (Wildman–Crippen MR) is 116 cm³/mol. The minimum absolute atomic E-state index is 0.829. The van der Waals surface area contributed by atoms with Crippen LogP contribution in [0.4, 0.5) is 5.69 Å². The van der Waals surface area contributed by atoms with E-state index in [0.717, 1.165) is 57.3 Å². The first kappa shape index (κ1) is 20.5. The number of hydrogen-bond acceptors (Lipinski definition) is 3. The monoisotopic (exact) mass is 383 g/mol. The van der Waals surface area contributed by atoms with Crippen LogP contribution in [0.25, 0.3) is 0 Å². The molecule has 2 aromatic rings. The number of rotatable bonds is 10. The Balaban J connectivity index is 1.43. The summed E-state index contributed by atoms with van der Waals surface area (Å²) in [5, 5.41) is 0. The topological polar surface area (TPSA) is 26.1 Å². The Labute approximate surface area is 170 Å². The molecule has 28 heavy (non-hydrogen) atoms. The Morgan fingerprint density at radius 1 is 0.929 bits per heavy atom. The zero-order valence-corrected chi connectivity index (χ0v) is 17.5. The third-order valence-electron chi connectivity index (χ3n) is 5.54. The quantitative estimate of drug-likeness (QED) is 0.636. The van der Waals surface area contributed by atoms with Crippen molar-refractivity contribution in [3.8, 4) is 11.5 Å². The van der Waals surface area contributed by atoms with Gasteiger partial charge in [0.15, 0.2) is 0 Å². The summed E-state index contributed by atoms with van der Waals surface area (Å²) in [7, 11) is 1.75. The fourth-order valence-electron chi connectivity index (χ4n) is 3.84. The van der Waals surface area contributed by atoms with Gasteiger partial charge in [0, 0.05) is 5.56 Å². The van der Waals surface area contributed by atoms with Gasteiger partial charge >= 0.3 is 0 Å².